The first-order chi connectivity index (χ1) is 0. The van der Waals surface area contributed by atoms with E-state index in [2.05, 4.69) is 0 Å². The van der Waals surface area contributed by atoms with Crippen LogP contribution in [0, 0.1) is 0 Å². The number of rotatable bonds is 0. The smallest absolute Gasteiger partial charge is 2.00 e. The Kier molecular flexibility index (Phi) is 432. The predicted octanol–water partition coefficient (Wildman–Crippen LogP) is -12.8. The van der Waals surface area contributed by atoms with Gasteiger partial charge in [0, 0.05) is 0 Å². The molecule has 0 aromatic rings. The van der Waals surface area contributed by atoms with Gasteiger partial charge < -0.3 is 21.9 Å². The van der Waals surface area contributed by atoms with Crippen LogP contribution >= 0.6 is 0 Å². The molecule has 0 amide bonds. The Morgan fingerprint density at radius 2 is 0.333 bits per heavy atom. The molecule has 0 unspecified atom stereocenters. The third-order valence-electron chi connectivity index (χ3n) is 0. The van der Waals surface area contributed by atoms with Gasteiger partial charge in [-0.15, -0.1) is 0 Å². The van der Waals surface area contributed by atoms with Crippen LogP contribution < -0.4 is 233 Å². The standard InChI is InChI=1S/4O.4Rb.Sn/q4*-2;4*+1;+4. The Morgan fingerprint density at radius 1 is 0.333 bits per heavy atom. The van der Waals surface area contributed by atoms with Gasteiger partial charge in [0.15, 0.2) is 0 Å². The van der Waals surface area contributed by atoms with Crippen molar-refractivity contribution < 1.29 is 255 Å². The zero-order valence-corrected chi connectivity index (χ0v) is 28.7. The summed E-state index contributed by atoms with van der Waals surface area (Å²) in [4.78, 5) is 0. The SMILES string of the molecule is [O-2].[O-2].[O-2].[O-2].[Rb+].[Rb+].[Rb+].[Rb+].[Sn+4]. The Bertz CT molecular complexity index is 12.5. The van der Waals surface area contributed by atoms with Gasteiger partial charge in [-0.25, -0.2) is 0 Å². The van der Waals surface area contributed by atoms with Crippen molar-refractivity contribution in [2.75, 3.05) is 0 Å². The Hall–Kier alpha value is 7.86. The molecule has 0 aromatic heterocycles. The van der Waals surface area contributed by atoms with E-state index in [-0.39, 0.29) is 279 Å². The molecule has 0 N–H and O–H groups in total. The van der Waals surface area contributed by atoms with E-state index in [1.54, 1.807) is 0 Å². The third-order valence-corrected chi connectivity index (χ3v) is 0. The first-order valence-corrected chi connectivity index (χ1v) is 0. The topological polar surface area (TPSA) is 114 Å². The summed E-state index contributed by atoms with van der Waals surface area (Å²) in [6.07, 6.45) is 0. The van der Waals surface area contributed by atoms with E-state index in [1.165, 1.54) is 0 Å². The minimum Gasteiger partial charge on any atom is -2.00 e. The molecule has 0 saturated carbocycles. The summed E-state index contributed by atoms with van der Waals surface area (Å²) in [5.74, 6) is 0. The maximum absolute atomic E-state index is 0. The maximum atomic E-state index is 0. The largest absolute Gasteiger partial charge is 4.00 e. The van der Waals surface area contributed by atoms with Crippen LogP contribution in [0.5, 0.6) is 0 Å². The van der Waals surface area contributed by atoms with Gasteiger partial charge in [0.25, 0.3) is 0 Å². The summed E-state index contributed by atoms with van der Waals surface area (Å²) in [5.41, 5.74) is 0. The van der Waals surface area contributed by atoms with Gasteiger partial charge in [-0.05, 0) is 0 Å². The first kappa shape index (κ1) is 68.6. The van der Waals surface area contributed by atoms with Gasteiger partial charge in [-0.2, -0.15) is 0 Å². The van der Waals surface area contributed by atoms with Crippen molar-refractivity contribution in [2.45, 2.75) is 0 Å². The monoisotopic (exact) mass is 524 g/mol. The van der Waals surface area contributed by atoms with Crippen molar-refractivity contribution in [3.8, 4) is 0 Å². The van der Waals surface area contributed by atoms with Crippen molar-refractivity contribution in [1.82, 2.24) is 0 Å². The third kappa shape index (κ3) is 49.3. The molecule has 0 saturated heterocycles. The molecule has 0 atom stereocenters. The van der Waals surface area contributed by atoms with Crippen LogP contribution in [0.15, 0.2) is 0 Å². The van der Waals surface area contributed by atoms with Crippen molar-refractivity contribution >= 4 is 23.9 Å². The second kappa shape index (κ2) is 56.7. The molecule has 0 fully saturated rings. The van der Waals surface area contributed by atoms with Crippen LogP contribution in [0.4, 0.5) is 0 Å². The van der Waals surface area contributed by atoms with Crippen molar-refractivity contribution in [2.24, 2.45) is 0 Å². The molecule has 9 heavy (non-hydrogen) atoms. The average molecular weight is 525 g/mol. The van der Waals surface area contributed by atoms with Gasteiger partial charge in [0.1, 0.15) is 0 Å². The Balaban J connectivity index is 0. The molecule has 32 valence electrons. The summed E-state index contributed by atoms with van der Waals surface area (Å²) >= 11 is 0. The molecule has 0 heterocycles. The quantitative estimate of drug-likeness (QED) is 0.280. The van der Waals surface area contributed by atoms with Crippen LogP contribution in [-0.4, -0.2) is 23.9 Å². The molecule has 0 radical (unpaired) electrons. The van der Waals surface area contributed by atoms with Crippen LogP contribution in [-0.2, 0) is 21.9 Å². The maximum Gasteiger partial charge on any atom is 4.00 e. The van der Waals surface area contributed by atoms with E-state index < -0.39 is 0 Å². The van der Waals surface area contributed by atoms with Gasteiger partial charge in [0.2, 0.25) is 0 Å². The molecule has 0 aliphatic carbocycles. The fourth-order valence-corrected chi connectivity index (χ4v) is 0. The zero-order chi connectivity index (χ0) is 0. The Morgan fingerprint density at radius 3 is 0.333 bits per heavy atom. The van der Waals surface area contributed by atoms with E-state index in [4.69, 9.17) is 0 Å². The molecule has 0 aromatic carbocycles. The average Bonchev–Trinajstić information content (AvgIpc) is 0. The molecular formula is O4Rb4Sn. The summed E-state index contributed by atoms with van der Waals surface area (Å²) in [6.45, 7) is 0. The Labute approximate surface area is 268 Å². The van der Waals surface area contributed by atoms with E-state index in [0.717, 1.165) is 0 Å². The molecule has 0 bridgehead atoms. The van der Waals surface area contributed by atoms with Crippen molar-refractivity contribution in [3.05, 3.63) is 0 Å². The molecule has 9 heteroatoms. The molecular weight excluding hydrogens is 525 g/mol. The normalized spacial score (nSPS) is 0. The molecule has 0 rings (SSSR count). The minimum absolute atomic E-state index is 0. The van der Waals surface area contributed by atoms with E-state index in [1.807, 2.05) is 0 Å². The fraction of sp³-hybridized carbons (Fsp3) is 0. The van der Waals surface area contributed by atoms with Crippen LogP contribution in [0.3, 0.4) is 0 Å². The fourth-order valence-electron chi connectivity index (χ4n) is 0. The molecule has 0 aliphatic rings. The van der Waals surface area contributed by atoms with E-state index >= 15 is 0 Å². The van der Waals surface area contributed by atoms with Gasteiger partial charge >= 0.3 is 257 Å². The summed E-state index contributed by atoms with van der Waals surface area (Å²) in [5, 5.41) is 0. The number of hydrogen-bond acceptors (Lipinski definition) is 0. The predicted molar refractivity (Wildman–Crippen MR) is 8.50 cm³/mol. The minimum atomic E-state index is 0. The van der Waals surface area contributed by atoms with Crippen LogP contribution in [0.25, 0.3) is 0 Å². The second-order valence-electron chi connectivity index (χ2n) is 0. The molecule has 4 nitrogen and oxygen atoms in total. The van der Waals surface area contributed by atoms with Gasteiger partial charge in [0.05, 0.1) is 0 Å². The van der Waals surface area contributed by atoms with Crippen LogP contribution in [0.1, 0.15) is 0 Å². The summed E-state index contributed by atoms with van der Waals surface area (Å²) < 4.78 is 0. The van der Waals surface area contributed by atoms with E-state index in [9.17, 15) is 0 Å². The second-order valence-corrected chi connectivity index (χ2v) is 0. The zero-order valence-electron chi connectivity index (χ0n) is 6.13. The van der Waals surface area contributed by atoms with Crippen LogP contribution in [0.2, 0.25) is 0 Å². The van der Waals surface area contributed by atoms with Gasteiger partial charge in [-0.1, -0.05) is 0 Å². The van der Waals surface area contributed by atoms with Crippen molar-refractivity contribution in [1.29, 1.82) is 0 Å². The van der Waals surface area contributed by atoms with Crippen molar-refractivity contribution in [3.63, 3.8) is 0 Å². The molecule has 0 aliphatic heterocycles. The first-order valence-electron chi connectivity index (χ1n) is 0. The van der Waals surface area contributed by atoms with Gasteiger partial charge in [-0.3, -0.25) is 0 Å². The summed E-state index contributed by atoms with van der Waals surface area (Å²) in [7, 11) is 0. The van der Waals surface area contributed by atoms with E-state index in [0.29, 0.717) is 0 Å². The number of hydrogen-bond donors (Lipinski definition) is 0. The summed E-state index contributed by atoms with van der Waals surface area (Å²) in [6, 6.07) is 0. The molecule has 0 spiro atoms.